The Morgan fingerprint density at radius 3 is 1.32 bits per heavy atom. The number of aliphatic hydroxyl groups is 1. The highest BCUT2D eigenvalue weighted by Crippen LogP contribution is 2.20. The van der Waals surface area contributed by atoms with Crippen molar-refractivity contribution in [2.75, 3.05) is 13.1 Å². The summed E-state index contributed by atoms with van der Waals surface area (Å²) in [5, 5.41) is 24.1. The zero-order valence-corrected chi connectivity index (χ0v) is 46.5. The van der Waals surface area contributed by atoms with Crippen LogP contribution in [0.4, 0.5) is 0 Å². The predicted octanol–water partition coefficient (Wildman–Crippen LogP) is 9.59. The molecule has 0 spiro atoms. The van der Waals surface area contributed by atoms with Gasteiger partial charge in [-0.1, -0.05) is 158 Å². The highest BCUT2D eigenvalue weighted by atomic mass is 32.1. The van der Waals surface area contributed by atoms with Gasteiger partial charge < -0.3 is 36.5 Å². The lowest BCUT2D eigenvalue weighted by atomic mass is 9.99. The van der Waals surface area contributed by atoms with Gasteiger partial charge in [0.2, 0.25) is 5.78 Å². The molecule has 0 bridgehead atoms. The number of Topliss-reactive ketones (excluding diaryl/α,β-unsaturated/α-hetero) is 1. The van der Waals surface area contributed by atoms with Crippen LogP contribution < -0.4 is 26.6 Å². The van der Waals surface area contributed by atoms with Crippen LogP contribution in [0.25, 0.3) is 0 Å². The lowest BCUT2D eigenvalue weighted by molar-refractivity contribution is -0.139. The molecule has 0 saturated carbocycles. The maximum absolute atomic E-state index is 12.7. The van der Waals surface area contributed by atoms with Crippen molar-refractivity contribution < 1.29 is 38.7 Å². The number of nitrogens with one attached hydrogen (secondary N) is 5. The summed E-state index contributed by atoms with van der Waals surface area (Å²) in [5.74, 6) is -2.18. The molecule has 1 unspecified atom stereocenters. The summed E-state index contributed by atoms with van der Waals surface area (Å²) in [7, 11) is 0. The number of ketones is 1. The molecule has 3 aromatic rings. The fraction of sp³-hybridized carbons (Fsp3) is 0.569. The minimum atomic E-state index is -1.22. The molecule has 3 heterocycles. The second-order valence-electron chi connectivity index (χ2n) is 18.8. The van der Waals surface area contributed by atoms with Crippen LogP contribution in [0.15, 0.2) is 72.8 Å². The maximum atomic E-state index is 12.7. The molecule has 3 aliphatic rings. The average Bonchev–Trinajstić information content (AvgIpc) is 3.41. The summed E-state index contributed by atoms with van der Waals surface area (Å²) in [6.45, 7) is 4.43. The summed E-state index contributed by atoms with van der Waals surface area (Å²) >= 11 is 0. The van der Waals surface area contributed by atoms with E-state index in [1.807, 2.05) is 73.7 Å². The van der Waals surface area contributed by atoms with Crippen molar-refractivity contribution in [3.05, 3.63) is 106 Å². The van der Waals surface area contributed by atoms with Crippen molar-refractivity contribution in [3.63, 3.8) is 0 Å². The van der Waals surface area contributed by atoms with E-state index in [-0.39, 0.29) is 71.7 Å². The van der Waals surface area contributed by atoms with Crippen LogP contribution >= 0.6 is 40.5 Å². The Morgan fingerprint density at radius 2 is 0.892 bits per heavy atom. The highest BCUT2D eigenvalue weighted by molar-refractivity contribution is 7.59. The summed E-state index contributed by atoms with van der Waals surface area (Å²) < 4.78 is 0. The average molecular weight is 1080 g/mol. The SMILES string of the molecule is C.CCNC(=O)C(=O)[C@@H]1CCCCCCCCc2ccccc2C(=O)N1.CCNC(=O)C(O)[C@@H]1CCCCCCCCc2ccccc2C(=O)N1.O=C[C@@H]1CCCCCCCCc2ccccc2C(=O)N1.S.S.S. The van der Waals surface area contributed by atoms with E-state index in [0.717, 1.165) is 131 Å². The number of fused-ring (bicyclic) bond motifs is 3. The van der Waals surface area contributed by atoms with Crippen LogP contribution in [0.5, 0.6) is 0 Å². The molecule has 6 N–H and O–H groups in total. The Hall–Kier alpha value is -4.64. The molecular formula is C58H91N5O8S3. The number of hydrogen-bond donors (Lipinski definition) is 6. The van der Waals surface area contributed by atoms with Gasteiger partial charge in [0.05, 0.1) is 18.1 Å². The Balaban J connectivity index is 0.00000106. The van der Waals surface area contributed by atoms with Gasteiger partial charge in [0.1, 0.15) is 6.29 Å². The highest BCUT2D eigenvalue weighted by Gasteiger charge is 2.29. The van der Waals surface area contributed by atoms with Gasteiger partial charge in [-0.05, 0) is 107 Å². The molecule has 0 aliphatic carbocycles. The van der Waals surface area contributed by atoms with Crippen LogP contribution in [0.1, 0.15) is 204 Å². The quantitative estimate of drug-likeness (QED) is 0.0993. The van der Waals surface area contributed by atoms with E-state index in [4.69, 9.17) is 0 Å². The normalized spacial score (nSPS) is 19.4. The number of aldehydes is 1. The van der Waals surface area contributed by atoms with Crippen LogP contribution in [0, 0.1) is 0 Å². The maximum Gasteiger partial charge on any atom is 0.289 e. The lowest BCUT2D eigenvalue weighted by Crippen LogP contribution is -2.50. The molecule has 414 valence electrons. The number of aryl methyl sites for hydroxylation is 3. The second-order valence-corrected chi connectivity index (χ2v) is 18.8. The van der Waals surface area contributed by atoms with Crippen LogP contribution in [0.2, 0.25) is 0 Å². The number of carbonyl (C=O) groups is 7. The van der Waals surface area contributed by atoms with Gasteiger partial charge in [0.25, 0.3) is 29.5 Å². The Kier molecular flexibility index (Phi) is 38.1. The third kappa shape index (κ3) is 24.8. The van der Waals surface area contributed by atoms with Crippen LogP contribution in [-0.4, -0.2) is 84.0 Å². The second kappa shape index (κ2) is 40.6. The third-order valence-corrected chi connectivity index (χ3v) is 13.4. The van der Waals surface area contributed by atoms with Gasteiger partial charge in [-0.3, -0.25) is 28.8 Å². The molecule has 0 saturated heterocycles. The van der Waals surface area contributed by atoms with Crippen molar-refractivity contribution in [2.45, 2.75) is 200 Å². The van der Waals surface area contributed by atoms with Crippen molar-refractivity contribution in [2.24, 2.45) is 0 Å². The van der Waals surface area contributed by atoms with Crippen LogP contribution in [-0.2, 0) is 38.4 Å². The zero-order chi connectivity index (χ0) is 50.4. The summed E-state index contributed by atoms with van der Waals surface area (Å²) in [4.78, 5) is 85.2. The topological polar surface area (TPSA) is 200 Å². The molecule has 16 heteroatoms. The molecular weight excluding hydrogens is 991 g/mol. The lowest BCUT2D eigenvalue weighted by Gasteiger charge is -2.24. The van der Waals surface area contributed by atoms with E-state index in [1.54, 1.807) is 13.0 Å². The van der Waals surface area contributed by atoms with Gasteiger partial charge in [-0.2, -0.15) is 40.5 Å². The summed E-state index contributed by atoms with van der Waals surface area (Å²) in [6, 6.07) is 21.2. The number of hydrogen-bond acceptors (Lipinski definition) is 8. The third-order valence-electron chi connectivity index (χ3n) is 13.4. The first kappa shape index (κ1) is 69.4. The van der Waals surface area contributed by atoms with E-state index in [1.165, 1.54) is 38.5 Å². The first-order valence-electron chi connectivity index (χ1n) is 26.5. The first-order chi connectivity index (χ1) is 34.1. The van der Waals surface area contributed by atoms with Gasteiger partial charge in [0, 0.05) is 29.8 Å². The molecule has 5 amide bonds. The van der Waals surface area contributed by atoms with Gasteiger partial charge in [-0.25, -0.2) is 0 Å². The molecule has 4 atom stereocenters. The van der Waals surface area contributed by atoms with E-state index in [0.29, 0.717) is 37.1 Å². The van der Waals surface area contributed by atoms with Crippen molar-refractivity contribution in [1.29, 1.82) is 0 Å². The van der Waals surface area contributed by atoms with E-state index in [9.17, 15) is 38.7 Å². The largest absolute Gasteiger partial charge is 0.381 e. The summed E-state index contributed by atoms with van der Waals surface area (Å²) in [6.07, 6.45) is 24.0. The monoisotopic (exact) mass is 1080 g/mol. The molecule has 13 nitrogen and oxygen atoms in total. The number of likely N-dealkylation sites (N-methyl/N-ethyl adjacent to an activating group) is 2. The standard InChI is InChI=1S/C20H30N2O3.C20H28N2O3.C17H23NO2.CH4.3H2S/c2*1-2-21-20(25)18(23)17-14-8-6-4-3-5-7-11-15-12-9-10-13-16(15)19(24)22-17;19-13-15-11-6-4-2-1-3-5-9-14-10-7-8-12-16(14)17(20)18-15;;;;/h9-10,12-13,17-18,23H,2-8,11,14H2,1H3,(H,21,25)(H,22,24);9-10,12-13,17H,2-8,11,14H2,1H3,(H,21,25)(H,22,24);7-8,10,12-13,15H,1-6,9,11H2,(H,18,20);1H4;3*1H2/t17-,18?;17-;15-;;;;/m000..../s1. The summed E-state index contributed by atoms with van der Waals surface area (Å²) in [5.41, 5.74) is 5.10. The fourth-order valence-electron chi connectivity index (χ4n) is 9.37. The Morgan fingerprint density at radius 1 is 0.527 bits per heavy atom. The number of carbonyl (C=O) groups excluding carboxylic acids is 7. The molecule has 0 radical (unpaired) electrons. The predicted molar refractivity (Wildman–Crippen MR) is 313 cm³/mol. The zero-order valence-electron chi connectivity index (χ0n) is 43.5. The molecule has 0 aromatic heterocycles. The number of rotatable bonds is 7. The number of benzene rings is 3. The van der Waals surface area contributed by atoms with Crippen molar-refractivity contribution in [3.8, 4) is 0 Å². The smallest absolute Gasteiger partial charge is 0.289 e. The molecule has 6 rings (SSSR count). The molecule has 74 heavy (non-hydrogen) atoms. The first-order valence-corrected chi connectivity index (χ1v) is 26.5. The van der Waals surface area contributed by atoms with Gasteiger partial charge >= 0.3 is 0 Å². The minimum absolute atomic E-state index is 0. The Bertz CT molecular complexity index is 2130. The minimum Gasteiger partial charge on any atom is -0.381 e. The van der Waals surface area contributed by atoms with E-state index in [2.05, 4.69) is 26.6 Å². The van der Waals surface area contributed by atoms with Crippen molar-refractivity contribution >= 4 is 82.1 Å². The Labute approximate surface area is 463 Å². The fourth-order valence-corrected chi connectivity index (χ4v) is 9.37. The van der Waals surface area contributed by atoms with Crippen molar-refractivity contribution in [1.82, 2.24) is 26.6 Å². The molecule has 3 aliphatic heterocycles. The number of aliphatic hydroxyl groups excluding tert-OH is 1. The van der Waals surface area contributed by atoms with Crippen LogP contribution in [0.3, 0.4) is 0 Å². The van der Waals surface area contributed by atoms with E-state index < -0.39 is 35.8 Å². The van der Waals surface area contributed by atoms with Gasteiger partial charge in [0.15, 0.2) is 6.10 Å². The van der Waals surface area contributed by atoms with E-state index >= 15 is 0 Å². The molecule has 3 aromatic carbocycles. The number of amides is 5. The molecule has 0 fully saturated rings. The van der Waals surface area contributed by atoms with Gasteiger partial charge in [-0.15, -0.1) is 0 Å².